The number of aromatic nitrogens is 3. The number of hydrogen-bond acceptors (Lipinski definition) is 6. The molecule has 8 nitrogen and oxygen atoms in total. The molecule has 1 aliphatic heterocycles. The SMILES string of the molecule is C=CCSc1n[n+]2c(c(=O)[nH]1)-c1ccccc1N(C(C)=O)[C@H]2c1cccc(C)c1OC(C)=O. The lowest BCUT2D eigenvalue weighted by molar-refractivity contribution is -0.763. The van der Waals surface area contributed by atoms with Crippen molar-refractivity contribution < 1.29 is 19.0 Å². The number of carbonyl (C=O) groups excluding carboxylic acids is 2. The second-order valence-corrected chi connectivity index (χ2v) is 8.53. The number of aryl methyl sites for hydroxylation is 1. The highest BCUT2D eigenvalue weighted by molar-refractivity contribution is 7.99. The lowest BCUT2D eigenvalue weighted by atomic mass is 9.99. The van der Waals surface area contributed by atoms with E-state index in [1.807, 2.05) is 19.1 Å². The summed E-state index contributed by atoms with van der Waals surface area (Å²) in [6.07, 6.45) is 0.870. The standard InChI is InChI=1S/C24H22N4O4S/c1-5-13-33-24-25-22(31)20-17-10-6-7-12-19(17)27(15(3)29)23(28(20)26-24)18-11-8-9-14(2)21(18)32-16(4)30/h5-12,23H,1,13H2,2-4H3/p+1/t23-/m1/s1. The Kier molecular flexibility index (Phi) is 6.15. The number of esters is 1. The lowest BCUT2D eigenvalue weighted by Crippen LogP contribution is -2.60. The van der Waals surface area contributed by atoms with E-state index in [4.69, 9.17) is 9.84 Å². The Morgan fingerprint density at radius 2 is 2.00 bits per heavy atom. The maximum atomic E-state index is 13.2. The molecule has 3 aromatic rings. The van der Waals surface area contributed by atoms with E-state index < -0.39 is 12.1 Å². The van der Waals surface area contributed by atoms with Crippen molar-refractivity contribution in [1.29, 1.82) is 0 Å². The number of hydrogen-bond donors (Lipinski definition) is 1. The fourth-order valence-electron chi connectivity index (χ4n) is 3.96. The van der Waals surface area contributed by atoms with E-state index in [1.54, 1.807) is 41.3 Å². The number of rotatable bonds is 5. The number of benzene rings is 2. The fraction of sp³-hybridized carbons (Fsp3) is 0.208. The first-order valence-corrected chi connectivity index (χ1v) is 11.3. The Bertz CT molecular complexity index is 1330. The van der Waals surface area contributed by atoms with Gasteiger partial charge < -0.3 is 4.74 Å². The second-order valence-electron chi connectivity index (χ2n) is 7.52. The summed E-state index contributed by atoms with van der Waals surface area (Å²) < 4.78 is 7.10. The molecular weight excluding hydrogens is 440 g/mol. The van der Waals surface area contributed by atoms with Gasteiger partial charge in [0.2, 0.25) is 11.1 Å². The number of fused-ring (bicyclic) bond motifs is 3. The van der Waals surface area contributed by atoms with Crippen LogP contribution < -0.4 is 19.9 Å². The van der Waals surface area contributed by atoms with Crippen molar-refractivity contribution in [3.63, 3.8) is 0 Å². The fourth-order valence-corrected chi connectivity index (χ4v) is 4.54. The van der Waals surface area contributed by atoms with Crippen LogP contribution >= 0.6 is 11.8 Å². The first kappa shape index (κ1) is 22.5. The predicted octanol–water partition coefficient (Wildman–Crippen LogP) is 3.15. The first-order valence-electron chi connectivity index (χ1n) is 10.3. The molecule has 168 valence electrons. The van der Waals surface area contributed by atoms with Gasteiger partial charge in [0.15, 0.2) is 0 Å². The average molecular weight is 464 g/mol. The van der Waals surface area contributed by atoms with Gasteiger partial charge in [-0.15, -0.1) is 6.58 Å². The minimum absolute atomic E-state index is 0.247. The highest BCUT2D eigenvalue weighted by Crippen LogP contribution is 2.40. The Hall–Kier alpha value is -3.72. The van der Waals surface area contributed by atoms with Crippen LogP contribution in [0.4, 0.5) is 5.69 Å². The molecule has 33 heavy (non-hydrogen) atoms. The number of para-hydroxylation sites is 2. The van der Waals surface area contributed by atoms with Crippen LogP contribution in [0.5, 0.6) is 5.75 Å². The molecule has 1 amide bonds. The average Bonchev–Trinajstić information content (AvgIpc) is 2.77. The van der Waals surface area contributed by atoms with Gasteiger partial charge in [-0.3, -0.25) is 19.4 Å². The van der Waals surface area contributed by atoms with E-state index in [0.29, 0.717) is 39.2 Å². The maximum Gasteiger partial charge on any atom is 0.325 e. The molecule has 2 heterocycles. The van der Waals surface area contributed by atoms with Gasteiger partial charge in [0.05, 0.1) is 16.8 Å². The van der Waals surface area contributed by atoms with Crippen LogP contribution in [-0.4, -0.2) is 27.7 Å². The third-order valence-electron chi connectivity index (χ3n) is 5.20. The van der Waals surface area contributed by atoms with Crippen molar-refractivity contribution in [3.8, 4) is 17.0 Å². The summed E-state index contributed by atoms with van der Waals surface area (Å²) in [7, 11) is 0. The van der Waals surface area contributed by atoms with Crippen molar-refractivity contribution in [1.82, 2.24) is 10.1 Å². The number of thioether (sulfide) groups is 1. The van der Waals surface area contributed by atoms with Crippen LogP contribution in [0.2, 0.25) is 0 Å². The number of amides is 1. The van der Waals surface area contributed by atoms with Crippen molar-refractivity contribution in [2.24, 2.45) is 0 Å². The topological polar surface area (TPSA) is 96.2 Å². The number of aromatic amines is 1. The summed E-state index contributed by atoms with van der Waals surface area (Å²) in [6, 6.07) is 12.6. The third kappa shape index (κ3) is 4.07. The normalized spacial score (nSPS) is 14.3. The zero-order valence-electron chi connectivity index (χ0n) is 18.5. The second kappa shape index (κ2) is 9.03. The van der Waals surface area contributed by atoms with Gasteiger partial charge in [0.1, 0.15) is 5.75 Å². The van der Waals surface area contributed by atoms with Gasteiger partial charge in [0.25, 0.3) is 6.17 Å². The zero-order valence-corrected chi connectivity index (χ0v) is 19.3. The molecule has 0 saturated heterocycles. The van der Waals surface area contributed by atoms with E-state index in [-0.39, 0.29) is 11.5 Å². The molecule has 0 spiro atoms. The van der Waals surface area contributed by atoms with E-state index in [9.17, 15) is 14.4 Å². The molecule has 9 heteroatoms. The van der Waals surface area contributed by atoms with Crippen LogP contribution in [0.1, 0.15) is 31.1 Å². The summed E-state index contributed by atoms with van der Waals surface area (Å²) in [4.78, 5) is 42.5. The molecule has 1 atom stereocenters. The van der Waals surface area contributed by atoms with E-state index in [0.717, 1.165) is 5.56 Å². The molecule has 0 unspecified atom stereocenters. The van der Waals surface area contributed by atoms with Gasteiger partial charge >= 0.3 is 17.2 Å². The highest BCUT2D eigenvalue weighted by atomic mass is 32.2. The Labute approximate surface area is 194 Å². The van der Waals surface area contributed by atoms with Crippen molar-refractivity contribution in [2.45, 2.75) is 32.1 Å². The van der Waals surface area contributed by atoms with Crippen LogP contribution in [0.15, 0.2) is 65.1 Å². The first-order chi connectivity index (χ1) is 15.8. The number of carbonyl (C=O) groups is 2. The van der Waals surface area contributed by atoms with Crippen molar-refractivity contribution in [3.05, 3.63) is 76.6 Å². The molecule has 0 aliphatic carbocycles. The molecule has 0 saturated carbocycles. The quantitative estimate of drug-likeness (QED) is 0.205. The minimum Gasteiger partial charge on any atom is -0.426 e. The molecule has 4 rings (SSSR count). The number of nitrogens with zero attached hydrogens (tertiary/aromatic N) is 3. The molecular formula is C24H23N4O4S+. The minimum atomic E-state index is -0.841. The smallest absolute Gasteiger partial charge is 0.325 e. The number of ether oxygens (including phenoxy) is 1. The molecule has 1 aliphatic rings. The summed E-state index contributed by atoms with van der Waals surface area (Å²) in [5.41, 5.74) is 2.39. The van der Waals surface area contributed by atoms with Gasteiger partial charge in [-0.05, 0) is 35.4 Å². The van der Waals surface area contributed by atoms with Crippen LogP contribution in [0, 0.1) is 6.92 Å². The Morgan fingerprint density at radius 1 is 1.24 bits per heavy atom. The molecule has 1 aromatic heterocycles. The molecule has 1 N–H and O–H groups in total. The largest absolute Gasteiger partial charge is 0.426 e. The summed E-state index contributed by atoms with van der Waals surface area (Å²) in [5, 5.41) is 5.08. The Balaban J connectivity index is 2.08. The summed E-state index contributed by atoms with van der Waals surface area (Å²) >= 11 is 1.32. The van der Waals surface area contributed by atoms with Gasteiger partial charge in [0, 0.05) is 24.7 Å². The lowest BCUT2D eigenvalue weighted by Gasteiger charge is -2.32. The van der Waals surface area contributed by atoms with Crippen LogP contribution in [0.3, 0.4) is 0 Å². The highest BCUT2D eigenvalue weighted by Gasteiger charge is 2.46. The number of nitrogens with one attached hydrogen (secondary N) is 1. The van der Waals surface area contributed by atoms with E-state index in [2.05, 4.69) is 11.6 Å². The van der Waals surface area contributed by atoms with Crippen molar-refractivity contribution in [2.75, 3.05) is 10.7 Å². The number of anilines is 1. The monoisotopic (exact) mass is 463 g/mol. The van der Waals surface area contributed by atoms with Gasteiger partial charge in [-0.25, -0.2) is 4.90 Å². The van der Waals surface area contributed by atoms with Gasteiger partial charge in [-0.1, -0.05) is 42.1 Å². The summed E-state index contributed by atoms with van der Waals surface area (Å²) in [5.74, 6) is 0.149. The maximum absolute atomic E-state index is 13.2. The molecule has 0 fully saturated rings. The number of H-pyrrole nitrogens is 1. The molecule has 2 aromatic carbocycles. The van der Waals surface area contributed by atoms with E-state index in [1.165, 1.54) is 30.3 Å². The van der Waals surface area contributed by atoms with Crippen molar-refractivity contribution >= 4 is 29.3 Å². The zero-order chi connectivity index (χ0) is 23.7. The van der Waals surface area contributed by atoms with Crippen LogP contribution in [-0.2, 0) is 9.59 Å². The Morgan fingerprint density at radius 3 is 2.70 bits per heavy atom. The van der Waals surface area contributed by atoms with Crippen LogP contribution in [0.25, 0.3) is 11.3 Å². The molecule has 0 bridgehead atoms. The third-order valence-corrected chi connectivity index (χ3v) is 6.06. The van der Waals surface area contributed by atoms with Gasteiger partial charge in [-0.2, -0.15) is 0 Å². The summed E-state index contributed by atoms with van der Waals surface area (Å²) in [6.45, 7) is 8.31. The predicted molar refractivity (Wildman–Crippen MR) is 125 cm³/mol. The molecule has 0 radical (unpaired) electrons. The van der Waals surface area contributed by atoms with E-state index >= 15 is 0 Å².